The topological polar surface area (TPSA) is 18.5 Å². The second kappa shape index (κ2) is 45.6. The quantitative estimate of drug-likeness (QED) is 0.107. The first-order valence-electron chi connectivity index (χ1n) is 40.2. The van der Waals surface area contributed by atoms with E-state index in [2.05, 4.69) is 321 Å². The summed E-state index contributed by atoms with van der Waals surface area (Å²) >= 11 is 0. The van der Waals surface area contributed by atoms with Crippen LogP contribution in [0.4, 0.5) is 0 Å². The molecule has 0 bridgehead atoms. The molecule has 3 aliphatic rings. The molecule has 0 N–H and O–H groups in total. The van der Waals surface area contributed by atoms with Crippen molar-refractivity contribution in [1.82, 2.24) is 0 Å². The molecular weight excluding hydrogens is 1310 g/mol. The molecule has 0 heterocycles. The zero-order valence-corrected chi connectivity index (χ0v) is 87.1. The van der Waals surface area contributed by atoms with Gasteiger partial charge in [-0.15, -0.1) is 0 Å². The summed E-state index contributed by atoms with van der Waals surface area (Å²) in [6, 6.07) is 13.0. The SMILES string of the molecule is CC(C)(C)C[Si](C)(C)C.CC(C)(C)C[Si](C)(C)O[Si](C)(C)C.CC(C)(C[Si](C)(C)C)C1CCCCC1.CC(C)C[Si](C)(C)C.CC(C)C[Si](C)(C)C.CC(C)C[Si](C)(C)O[Si](C)(C)C.CC1(C[Si](C)(C)C)CCCC1.CC1(C[Si](C)(C)C)CCCCC1.CCC[Si](C)(C)C. The van der Waals surface area contributed by atoms with Gasteiger partial charge in [-0.25, -0.2) is 0 Å². The second-order valence-corrected chi connectivity index (χ2v) is 105. The van der Waals surface area contributed by atoms with Gasteiger partial charge in [-0.05, 0) is 167 Å². The van der Waals surface area contributed by atoms with Crippen molar-refractivity contribution in [2.75, 3.05) is 0 Å². The van der Waals surface area contributed by atoms with E-state index in [1.54, 1.807) is 12.1 Å². The molecule has 0 aromatic heterocycles. The van der Waals surface area contributed by atoms with Crippen LogP contribution in [0.1, 0.15) is 214 Å². The van der Waals surface area contributed by atoms with Crippen LogP contribution in [0.25, 0.3) is 0 Å². The number of hydrogen-bond donors (Lipinski definition) is 0. The largest absolute Gasteiger partial charge is 0.456 e. The maximum atomic E-state index is 6.28. The Morgan fingerprint density at radius 1 is 0.330 bits per heavy atom. The van der Waals surface area contributed by atoms with Crippen molar-refractivity contribution in [3.05, 3.63) is 0 Å². The maximum absolute atomic E-state index is 6.28. The summed E-state index contributed by atoms with van der Waals surface area (Å²) in [6.07, 6.45) is 22.2. The molecular formula is C81H196O2Si11. The molecule has 3 rings (SSSR count). The van der Waals surface area contributed by atoms with E-state index in [0.717, 1.165) is 34.5 Å². The molecule has 0 aromatic rings. The predicted molar refractivity (Wildman–Crippen MR) is 482 cm³/mol. The second-order valence-electron chi connectivity index (χ2n) is 48.1. The standard InChI is InChI=1S/C13H28Si.C11H24Si.C10H26OSi2.C10H22Si.C9H24OSi2.C8H20Si.2C7H18Si.C6H16Si/c1-13(2,11-14(3,4)5)12-9-7-6-8-10-12;1-11(10-12(2,3)4)8-6-5-7-9-11;1-10(2,3)9-13(7,8)11-12(4,5)6;1-10(7-5-6-8-10)9-11(2,3)4;1-9(2)8-12(6,7)10-11(3,4)5;1-8(2,3)7-9(4,5)6;2*1-7(2)6-8(3,4)5;1-5-6-7(2,3)4/h12H,6-11H2,1-5H3;5-10H2,1-4H3;9H2,1-8H3;5-9H2,1-4H3;9H,8H2,1-7H3;7H2,1-6H3;2*7H,6H2,1-5H3;5-6H2,1-4H3. The predicted octanol–water partition coefficient (Wildman–Crippen LogP) is 33.0. The van der Waals surface area contributed by atoms with Crippen LogP contribution in [-0.2, 0) is 8.23 Å². The molecule has 0 amide bonds. The van der Waals surface area contributed by atoms with Crippen LogP contribution in [0.3, 0.4) is 0 Å². The lowest BCUT2D eigenvalue weighted by Gasteiger charge is -2.40. The van der Waals surface area contributed by atoms with Crippen molar-refractivity contribution in [2.24, 2.45) is 50.7 Å². The van der Waals surface area contributed by atoms with E-state index < -0.39 is 89.8 Å². The Morgan fingerprint density at radius 3 is 0.798 bits per heavy atom. The Labute approximate surface area is 615 Å². The van der Waals surface area contributed by atoms with E-state index >= 15 is 0 Å². The van der Waals surface area contributed by atoms with E-state index in [0.29, 0.717) is 16.2 Å². The van der Waals surface area contributed by atoms with Crippen molar-refractivity contribution in [3.63, 3.8) is 0 Å². The van der Waals surface area contributed by atoms with Crippen LogP contribution in [0.5, 0.6) is 0 Å². The first kappa shape index (κ1) is 107. The third kappa shape index (κ3) is 88.5. The third-order valence-corrected chi connectivity index (χ3v) is 43.6. The van der Waals surface area contributed by atoms with Gasteiger partial charge in [0, 0.05) is 56.5 Å². The maximum Gasteiger partial charge on any atom is 0.173 e. The molecule has 0 saturated heterocycles. The smallest absolute Gasteiger partial charge is 0.173 e. The first-order valence-corrected chi connectivity index (χ1v) is 79.2. The van der Waals surface area contributed by atoms with Crippen molar-refractivity contribution in [2.45, 2.75) is 471 Å². The fraction of sp³-hybridized carbons (Fsp3) is 1.00. The Kier molecular flexibility index (Phi) is 52.1. The minimum Gasteiger partial charge on any atom is -0.456 e. The number of hydrogen-bond acceptors (Lipinski definition) is 2. The zero-order chi connectivity index (χ0) is 76.7. The summed E-state index contributed by atoms with van der Waals surface area (Å²) in [6.45, 7) is 115. The lowest BCUT2D eigenvalue weighted by atomic mass is 9.72. The van der Waals surface area contributed by atoms with E-state index in [1.807, 2.05) is 0 Å². The molecule has 0 atom stereocenters. The Bertz CT molecular complexity index is 1760. The van der Waals surface area contributed by atoms with Crippen LogP contribution in [0.15, 0.2) is 0 Å². The molecule has 94 heavy (non-hydrogen) atoms. The first-order chi connectivity index (χ1) is 40.8. The van der Waals surface area contributed by atoms with Gasteiger partial charge in [-0.2, -0.15) is 0 Å². The molecule has 3 aliphatic carbocycles. The van der Waals surface area contributed by atoms with Crippen molar-refractivity contribution < 1.29 is 8.23 Å². The van der Waals surface area contributed by atoms with Crippen LogP contribution < -0.4 is 0 Å². The molecule has 13 heteroatoms. The van der Waals surface area contributed by atoms with Gasteiger partial charge in [-0.3, -0.25) is 0 Å². The Hall–Kier alpha value is 2.31. The molecule has 0 aromatic carbocycles. The van der Waals surface area contributed by atoms with Gasteiger partial charge < -0.3 is 8.23 Å². The third-order valence-electron chi connectivity index (χ3n) is 16.6. The zero-order valence-electron chi connectivity index (χ0n) is 76.1. The Balaban J connectivity index is -0.000000234. The lowest BCUT2D eigenvalue weighted by molar-refractivity contribution is 0.178. The van der Waals surface area contributed by atoms with Gasteiger partial charge in [0.1, 0.15) is 0 Å². The molecule has 0 aliphatic heterocycles. The van der Waals surface area contributed by atoms with E-state index in [9.17, 15) is 0 Å². The summed E-state index contributed by atoms with van der Waals surface area (Å²) in [4.78, 5) is 0. The highest BCUT2D eigenvalue weighted by Crippen LogP contribution is 2.45. The molecule has 0 spiro atoms. The van der Waals surface area contributed by atoms with Gasteiger partial charge in [0.25, 0.3) is 0 Å². The Morgan fingerprint density at radius 2 is 0.606 bits per heavy atom. The average Bonchev–Trinajstić information content (AvgIpc) is 1.01. The van der Waals surface area contributed by atoms with Gasteiger partial charge in [0.2, 0.25) is 0 Å². The van der Waals surface area contributed by atoms with E-state index in [1.165, 1.54) is 139 Å². The van der Waals surface area contributed by atoms with Crippen molar-refractivity contribution >= 4 is 89.8 Å². The summed E-state index contributed by atoms with van der Waals surface area (Å²) in [5.41, 5.74) is 3.04. The fourth-order valence-corrected chi connectivity index (χ4v) is 54.6. The van der Waals surface area contributed by atoms with Gasteiger partial charge >= 0.3 is 0 Å². The van der Waals surface area contributed by atoms with Gasteiger partial charge in [0.05, 0.1) is 0 Å². The van der Waals surface area contributed by atoms with Crippen molar-refractivity contribution in [1.29, 1.82) is 0 Å². The summed E-state index contributed by atoms with van der Waals surface area (Å²) in [5.74, 6) is 3.61. The van der Waals surface area contributed by atoms with E-state index in [4.69, 9.17) is 8.23 Å². The highest BCUT2D eigenvalue weighted by molar-refractivity contribution is 6.85. The van der Waals surface area contributed by atoms with Gasteiger partial charge in [0.15, 0.2) is 33.3 Å². The summed E-state index contributed by atoms with van der Waals surface area (Å²) in [5, 5.41) is 0. The summed E-state index contributed by atoms with van der Waals surface area (Å²) in [7, 11) is -10.8. The van der Waals surface area contributed by atoms with Crippen molar-refractivity contribution in [3.8, 4) is 0 Å². The van der Waals surface area contributed by atoms with Crippen LogP contribution in [0.2, 0.25) is 257 Å². The molecule has 0 unspecified atom stereocenters. The molecule has 3 saturated carbocycles. The molecule has 0 radical (unpaired) electrons. The van der Waals surface area contributed by atoms with Crippen LogP contribution in [-0.4, -0.2) is 89.8 Å². The highest BCUT2D eigenvalue weighted by Gasteiger charge is 2.37. The average molecular weight is 1510 g/mol. The minimum absolute atomic E-state index is 0.412. The van der Waals surface area contributed by atoms with Gasteiger partial charge in [-0.1, -0.05) is 355 Å². The number of rotatable bonds is 21. The summed E-state index contributed by atoms with van der Waals surface area (Å²) < 4.78 is 12.5. The minimum atomic E-state index is -1.41. The van der Waals surface area contributed by atoms with Crippen LogP contribution in [0, 0.1) is 50.7 Å². The monoisotopic (exact) mass is 1510 g/mol. The molecule has 576 valence electrons. The fourth-order valence-electron chi connectivity index (χ4n) is 17.7. The molecule has 3 fully saturated rings. The highest BCUT2D eigenvalue weighted by atomic mass is 28.4. The molecule has 2 nitrogen and oxygen atoms in total. The normalized spacial score (nSPS) is 17.3. The van der Waals surface area contributed by atoms with Crippen LogP contribution >= 0.6 is 0 Å². The lowest BCUT2D eigenvalue weighted by Crippen LogP contribution is -2.44. The van der Waals surface area contributed by atoms with E-state index in [-0.39, 0.29) is 0 Å².